The van der Waals surface area contributed by atoms with Crippen LogP contribution in [0.1, 0.15) is 26.2 Å². The van der Waals surface area contributed by atoms with Crippen LogP contribution in [0.3, 0.4) is 0 Å². The SMILES string of the molecule is CCn1c(SCC(=O)Nc2ccc(N3CCCCC3)cc2)nnc1-c1ccccc1. The van der Waals surface area contributed by atoms with E-state index in [0.29, 0.717) is 5.75 Å². The zero-order valence-electron chi connectivity index (χ0n) is 17.3. The first kappa shape index (κ1) is 20.5. The Morgan fingerprint density at radius 2 is 1.73 bits per heavy atom. The predicted octanol–water partition coefficient (Wildman–Crippen LogP) is 4.69. The molecule has 0 spiro atoms. The van der Waals surface area contributed by atoms with E-state index in [4.69, 9.17) is 0 Å². The molecule has 4 rings (SSSR count). The number of benzene rings is 2. The standard InChI is InChI=1S/C23H27N5OS/c1-2-28-22(18-9-5-3-6-10-18)25-26-23(28)30-17-21(29)24-19-11-13-20(14-12-19)27-15-7-4-8-16-27/h3,5-6,9-14H,2,4,7-8,15-17H2,1H3,(H,24,29). The van der Waals surface area contributed by atoms with Crippen LogP contribution in [0.25, 0.3) is 11.4 Å². The van der Waals surface area contributed by atoms with E-state index in [0.717, 1.165) is 41.9 Å². The lowest BCUT2D eigenvalue weighted by molar-refractivity contribution is -0.113. The molecule has 0 bridgehead atoms. The number of thioether (sulfide) groups is 1. The molecule has 0 unspecified atom stereocenters. The molecular formula is C23H27N5OS. The van der Waals surface area contributed by atoms with Crippen LogP contribution in [0.2, 0.25) is 0 Å². The Kier molecular flexibility index (Phi) is 6.69. The number of nitrogens with zero attached hydrogens (tertiary/aromatic N) is 4. The van der Waals surface area contributed by atoms with Crippen molar-refractivity contribution in [3.8, 4) is 11.4 Å². The van der Waals surface area contributed by atoms with Gasteiger partial charge in [-0.15, -0.1) is 10.2 Å². The second-order valence-electron chi connectivity index (χ2n) is 7.35. The second-order valence-corrected chi connectivity index (χ2v) is 8.29. The van der Waals surface area contributed by atoms with Gasteiger partial charge in [-0.1, -0.05) is 42.1 Å². The topological polar surface area (TPSA) is 63.1 Å². The number of aromatic nitrogens is 3. The van der Waals surface area contributed by atoms with Gasteiger partial charge in [0.05, 0.1) is 5.75 Å². The average Bonchev–Trinajstić information content (AvgIpc) is 3.22. The molecule has 156 valence electrons. The van der Waals surface area contributed by atoms with Gasteiger partial charge < -0.3 is 14.8 Å². The third-order valence-corrected chi connectivity index (χ3v) is 6.24. The third kappa shape index (κ3) is 4.84. The number of piperidine rings is 1. The van der Waals surface area contributed by atoms with E-state index in [1.807, 2.05) is 47.0 Å². The Balaban J connectivity index is 1.34. The van der Waals surface area contributed by atoms with Gasteiger partial charge in [-0.2, -0.15) is 0 Å². The summed E-state index contributed by atoms with van der Waals surface area (Å²) in [5.41, 5.74) is 3.08. The molecular weight excluding hydrogens is 394 g/mol. The maximum absolute atomic E-state index is 12.4. The van der Waals surface area contributed by atoms with Crippen molar-refractivity contribution in [2.45, 2.75) is 37.9 Å². The van der Waals surface area contributed by atoms with Crippen LogP contribution in [-0.2, 0) is 11.3 Å². The van der Waals surface area contributed by atoms with Gasteiger partial charge in [-0.05, 0) is 50.5 Å². The monoisotopic (exact) mass is 421 g/mol. The Hall–Kier alpha value is -2.80. The molecule has 0 radical (unpaired) electrons. The largest absolute Gasteiger partial charge is 0.372 e. The second kappa shape index (κ2) is 9.80. The smallest absolute Gasteiger partial charge is 0.234 e. The summed E-state index contributed by atoms with van der Waals surface area (Å²) in [4.78, 5) is 14.9. The van der Waals surface area contributed by atoms with Crippen LogP contribution in [0.15, 0.2) is 59.8 Å². The number of carbonyl (C=O) groups excluding carboxylic acids is 1. The minimum atomic E-state index is -0.0439. The molecule has 2 heterocycles. The van der Waals surface area contributed by atoms with E-state index < -0.39 is 0 Å². The fourth-order valence-corrected chi connectivity index (χ4v) is 4.52. The maximum Gasteiger partial charge on any atom is 0.234 e. The van der Waals surface area contributed by atoms with E-state index in [1.54, 1.807) is 0 Å². The first-order valence-corrected chi connectivity index (χ1v) is 11.5. The molecule has 1 amide bonds. The van der Waals surface area contributed by atoms with Crippen LogP contribution in [-0.4, -0.2) is 39.5 Å². The van der Waals surface area contributed by atoms with Crippen molar-refractivity contribution in [3.63, 3.8) is 0 Å². The van der Waals surface area contributed by atoms with Crippen LogP contribution in [0.5, 0.6) is 0 Å². The van der Waals surface area contributed by atoms with Crippen molar-refractivity contribution in [1.82, 2.24) is 14.8 Å². The fraction of sp³-hybridized carbons (Fsp3) is 0.348. The normalized spacial score (nSPS) is 14.0. The van der Waals surface area contributed by atoms with Crippen LogP contribution in [0, 0.1) is 0 Å². The van der Waals surface area contributed by atoms with Crippen molar-refractivity contribution in [1.29, 1.82) is 0 Å². The summed E-state index contributed by atoms with van der Waals surface area (Å²) in [7, 11) is 0. The molecule has 1 saturated heterocycles. The van der Waals surface area contributed by atoms with Crippen molar-refractivity contribution < 1.29 is 4.79 Å². The Labute approximate surface area is 181 Å². The minimum absolute atomic E-state index is 0.0439. The quantitative estimate of drug-likeness (QED) is 0.561. The summed E-state index contributed by atoms with van der Waals surface area (Å²) in [5.74, 6) is 1.08. The molecule has 0 atom stereocenters. The van der Waals surface area contributed by atoms with Crippen LogP contribution >= 0.6 is 11.8 Å². The Morgan fingerprint density at radius 1 is 1.00 bits per heavy atom. The van der Waals surface area contributed by atoms with Crippen molar-refractivity contribution in [2.24, 2.45) is 0 Å². The summed E-state index contributed by atoms with van der Waals surface area (Å²) in [6.07, 6.45) is 3.83. The van der Waals surface area contributed by atoms with E-state index in [9.17, 15) is 4.79 Å². The van der Waals surface area contributed by atoms with E-state index in [2.05, 4.69) is 39.5 Å². The third-order valence-electron chi connectivity index (χ3n) is 5.27. The number of anilines is 2. The van der Waals surface area contributed by atoms with Crippen LogP contribution in [0.4, 0.5) is 11.4 Å². The molecule has 0 saturated carbocycles. The maximum atomic E-state index is 12.4. The molecule has 1 N–H and O–H groups in total. The summed E-state index contributed by atoms with van der Waals surface area (Å²) in [6.45, 7) is 5.04. The lowest BCUT2D eigenvalue weighted by Crippen LogP contribution is -2.29. The zero-order valence-corrected chi connectivity index (χ0v) is 18.1. The summed E-state index contributed by atoms with van der Waals surface area (Å²) in [5, 5.41) is 12.4. The molecule has 3 aromatic rings. The van der Waals surface area contributed by atoms with Crippen molar-refractivity contribution >= 4 is 29.0 Å². The fourth-order valence-electron chi connectivity index (χ4n) is 3.72. The molecule has 30 heavy (non-hydrogen) atoms. The molecule has 1 aromatic heterocycles. The van der Waals surface area contributed by atoms with Crippen molar-refractivity contribution in [2.75, 3.05) is 29.1 Å². The Bertz CT molecular complexity index is 965. The number of rotatable bonds is 7. The highest BCUT2D eigenvalue weighted by Gasteiger charge is 2.15. The van der Waals surface area contributed by atoms with E-state index in [-0.39, 0.29) is 5.91 Å². The predicted molar refractivity (Wildman–Crippen MR) is 123 cm³/mol. The molecule has 2 aromatic carbocycles. The van der Waals surface area contributed by atoms with Gasteiger partial charge in [0.15, 0.2) is 11.0 Å². The molecule has 0 aliphatic carbocycles. The molecule has 7 heteroatoms. The molecule has 1 fully saturated rings. The Morgan fingerprint density at radius 3 is 2.43 bits per heavy atom. The number of hydrogen-bond acceptors (Lipinski definition) is 5. The van der Waals surface area contributed by atoms with Gasteiger partial charge in [-0.25, -0.2) is 0 Å². The number of nitrogens with one attached hydrogen (secondary N) is 1. The highest BCUT2D eigenvalue weighted by atomic mass is 32.2. The summed E-state index contributed by atoms with van der Waals surface area (Å²) >= 11 is 1.41. The minimum Gasteiger partial charge on any atom is -0.372 e. The number of amides is 1. The number of carbonyl (C=O) groups is 1. The van der Waals surface area contributed by atoms with Gasteiger partial charge in [0.25, 0.3) is 0 Å². The average molecular weight is 422 g/mol. The number of hydrogen-bond donors (Lipinski definition) is 1. The first-order valence-electron chi connectivity index (χ1n) is 10.5. The zero-order chi connectivity index (χ0) is 20.8. The summed E-state index contributed by atoms with van der Waals surface area (Å²) in [6, 6.07) is 18.1. The lowest BCUT2D eigenvalue weighted by atomic mass is 10.1. The van der Waals surface area contributed by atoms with Gasteiger partial charge >= 0.3 is 0 Å². The first-order chi connectivity index (χ1) is 14.7. The van der Waals surface area contributed by atoms with Gasteiger partial charge in [-0.3, -0.25) is 4.79 Å². The highest BCUT2D eigenvalue weighted by Crippen LogP contribution is 2.25. The van der Waals surface area contributed by atoms with Gasteiger partial charge in [0, 0.05) is 36.6 Å². The lowest BCUT2D eigenvalue weighted by Gasteiger charge is -2.28. The van der Waals surface area contributed by atoms with E-state index in [1.165, 1.54) is 36.7 Å². The molecule has 6 nitrogen and oxygen atoms in total. The van der Waals surface area contributed by atoms with Crippen molar-refractivity contribution in [3.05, 3.63) is 54.6 Å². The molecule has 1 aliphatic heterocycles. The highest BCUT2D eigenvalue weighted by molar-refractivity contribution is 7.99. The van der Waals surface area contributed by atoms with Gasteiger partial charge in [0.1, 0.15) is 0 Å². The van der Waals surface area contributed by atoms with Crippen LogP contribution < -0.4 is 10.2 Å². The van der Waals surface area contributed by atoms with Gasteiger partial charge in [0.2, 0.25) is 5.91 Å². The molecule has 1 aliphatic rings. The van der Waals surface area contributed by atoms with E-state index >= 15 is 0 Å². The summed E-state index contributed by atoms with van der Waals surface area (Å²) < 4.78 is 2.04.